The maximum absolute atomic E-state index is 12.3. The molecule has 20 nitrogen and oxygen atoms in total. The van der Waals surface area contributed by atoms with Gasteiger partial charge < -0.3 is 79.9 Å². The van der Waals surface area contributed by atoms with E-state index in [-0.39, 0.29) is 28.0 Å². The minimum absolute atomic E-state index is 0.0143. The topological polar surface area (TPSA) is 331 Å². The molecule has 2 aliphatic heterocycles. The number of ether oxygens (including phenoxy) is 5. The number of phenolic OH excluding ortho intramolecular Hbond substituents is 4. The molecule has 0 bridgehead atoms. The Kier molecular flexibility index (Phi) is 10.5. The van der Waals surface area contributed by atoms with Gasteiger partial charge >= 0.3 is 29.3 Å². The van der Waals surface area contributed by atoms with Crippen molar-refractivity contribution >= 4 is 28.9 Å². The van der Waals surface area contributed by atoms with Crippen molar-refractivity contribution in [3.05, 3.63) is 36.4 Å². The smallest absolute Gasteiger partial charge is 0.402 e. The summed E-state index contributed by atoms with van der Waals surface area (Å²) >= 11 is 0. The van der Waals surface area contributed by atoms with Crippen molar-refractivity contribution in [2.45, 2.75) is 67.8 Å². The Hall–Kier alpha value is -5.06. The number of phenols is 4. The molecule has 0 amide bonds. The minimum atomic E-state index is -2.17. The number of aromatic hydroxyl groups is 4. The number of aliphatic hydroxyl groups is 5. The van der Waals surface area contributed by atoms with Crippen LogP contribution in [-0.4, -0.2) is 142 Å². The lowest BCUT2D eigenvalue weighted by atomic mass is 9.97. The molecule has 10 atom stereocenters. The van der Waals surface area contributed by atoms with E-state index in [0.29, 0.717) is 0 Å². The van der Waals surface area contributed by atoms with Gasteiger partial charge in [0.25, 0.3) is 0 Å². The van der Waals surface area contributed by atoms with E-state index in [1.54, 1.807) is 0 Å². The van der Waals surface area contributed by atoms with Gasteiger partial charge in [0.05, 0.1) is 18.2 Å². The quantitative estimate of drug-likeness (QED) is 0.0484. The van der Waals surface area contributed by atoms with Gasteiger partial charge in [0.2, 0.25) is 12.0 Å². The van der Waals surface area contributed by atoms with Crippen LogP contribution in [0.15, 0.2) is 40.8 Å². The molecule has 50 heavy (non-hydrogen) atoms. The fraction of sp³-hybridized carbons (Fsp3) is 0.400. The number of hydrogen-bond acceptors (Lipinski definition) is 17. The molecule has 0 radical (unpaired) electrons. The van der Waals surface area contributed by atoms with Gasteiger partial charge in [0, 0.05) is 18.2 Å². The summed E-state index contributed by atoms with van der Waals surface area (Å²) in [6.45, 7) is -0.996. The Morgan fingerprint density at radius 3 is 2.14 bits per heavy atom. The van der Waals surface area contributed by atoms with E-state index >= 15 is 0 Å². The van der Waals surface area contributed by atoms with Gasteiger partial charge in [-0.3, -0.25) is 9.59 Å². The van der Waals surface area contributed by atoms with Gasteiger partial charge in [0.1, 0.15) is 53.8 Å². The average molecular weight is 712 g/mol. The van der Waals surface area contributed by atoms with Crippen LogP contribution < -0.4 is 4.74 Å². The fourth-order valence-corrected chi connectivity index (χ4v) is 5.33. The van der Waals surface area contributed by atoms with E-state index in [1.807, 2.05) is 0 Å². The number of carbonyl (C=O) groups is 3. The second-order valence-corrected chi connectivity index (χ2v) is 11.2. The summed E-state index contributed by atoms with van der Waals surface area (Å²) in [5.41, 5.74) is -0.111. The molecule has 0 saturated carbocycles. The number of carbonyl (C=O) groups excluding carboxylic acids is 1. The highest BCUT2D eigenvalue weighted by atomic mass is 16.8. The maximum atomic E-state index is 12.3. The highest BCUT2D eigenvalue weighted by molar-refractivity contribution is 5.90. The van der Waals surface area contributed by atoms with Crippen LogP contribution in [0.3, 0.4) is 0 Å². The Morgan fingerprint density at radius 2 is 1.50 bits per heavy atom. The number of aliphatic hydroxyl groups excluding tert-OH is 5. The number of hydrogen-bond donors (Lipinski definition) is 11. The Balaban J connectivity index is 1.60. The van der Waals surface area contributed by atoms with Crippen molar-refractivity contribution in [2.75, 3.05) is 6.61 Å². The SMILES string of the molecule is O=C(O)CC(=O)O[C@H]1[C@H](O)[C@@H](O[C@@H]2O[C@H](C(=O)O)[C@@H](O)[C@H](O)[C@H]2O)[C@H](Oc2cc3c(O)cc(O)cc3[o+]c2-c2ccc(O)c(O)c2)O[C@@H]1CO. The Morgan fingerprint density at radius 1 is 0.780 bits per heavy atom. The van der Waals surface area contributed by atoms with Crippen LogP contribution in [0.1, 0.15) is 6.42 Å². The van der Waals surface area contributed by atoms with E-state index in [9.17, 15) is 65.4 Å². The lowest BCUT2D eigenvalue weighted by molar-refractivity contribution is -0.354. The molecule has 3 aromatic rings. The molecule has 1 aromatic heterocycles. The second kappa shape index (κ2) is 14.4. The highest BCUT2D eigenvalue weighted by Gasteiger charge is 2.54. The van der Waals surface area contributed by atoms with Gasteiger partial charge in [-0.1, -0.05) is 0 Å². The van der Waals surface area contributed by atoms with Crippen LogP contribution in [0.4, 0.5) is 0 Å². The molecule has 2 fully saturated rings. The molecule has 2 aromatic carbocycles. The first-order chi connectivity index (χ1) is 23.6. The van der Waals surface area contributed by atoms with Crippen molar-refractivity contribution in [3.63, 3.8) is 0 Å². The van der Waals surface area contributed by atoms with Crippen LogP contribution in [0.25, 0.3) is 22.3 Å². The molecule has 5 rings (SSSR count). The molecule has 0 aliphatic carbocycles. The van der Waals surface area contributed by atoms with Gasteiger partial charge in [-0.05, 0) is 12.1 Å². The van der Waals surface area contributed by atoms with Crippen LogP contribution in [0.5, 0.6) is 28.7 Å². The van der Waals surface area contributed by atoms with E-state index in [4.69, 9.17) is 33.2 Å². The first-order valence-corrected chi connectivity index (χ1v) is 14.5. The van der Waals surface area contributed by atoms with Crippen molar-refractivity contribution in [1.82, 2.24) is 0 Å². The van der Waals surface area contributed by atoms with Crippen LogP contribution in [0, 0.1) is 0 Å². The summed E-state index contributed by atoms with van der Waals surface area (Å²) in [4.78, 5) is 35.0. The van der Waals surface area contributed by atoms with Gasteiger partial charge in [0.15, 0.2) is 36.1 Å². The number of carboxylic acids is 2. The number of benzene rings is 2. The van der Waals surface area contributed by atoms with Crippen LogP contribution in [0.2, 0.25) is 0 Å². The summed E-state index contributed by atoms with van der Waals surface area (Å²) < 4.78 is 33.5. The van der Waals surface area contributed by atoms with E-state index in [1.165, 1.54) is 6.07 Å². The van der Waals surface area contributed by atoms with Crippen LogP contribution in [-0.2, 0) is 33.3 Å². The third-order valence-corrected chi connectivity index (χ3v) is 7.76. The van der Waals surface area contributed by atoms with Gasteiger partial charge in [-0.25, -0.2) is 9.21 Å². The highest BCUT2D eigenvalue weighted by Crippen LogP contribution is 2.43. The largest absolute Gasteiger partial charge is 0.507 e. The molecular formula is C30H31O20+. The van der Waals surface area contributed by atoms with Crippen molar-refractivity contribution in [3.8, 4) is 40.1 Å². The monoisotopic (exact) mass is 711 g/mol. The molecular weight excluding hydrogens is 680 g/mol. The molecule has 270 valence electrons. The fourth-order valence-electron chi connectivity index (χ4n) is 5.33. The predicted molar refractivity (Wildman–Crippen MR) is 156 cm³/mol. The summed E-state index contributed by atoms with van der Waals surface area (Å²) in [6.07, 6.45) is -21.7. The first-order valence-electron chi connectivity index (χ1n) is 14.5. The summed E-state index contributed by atoms with van der Waals surface area (Å²) in [5.74, 6) is -7.49. The lowest BCUT2D eigenvalue weighted by Crippen LogP contribution is -2.66. The number of aliphatic carboxylic acids is 2. The Labute approximate surface area is 278 Å². The third kappa shape index (κ3) is 7.27. The summed E-state index contributed by atoms with van der Waals surface area (Å²) in [5, 5.41) is 112. The zero-order valence-electron chi connectivity index (χ0n) is 25.2. The van der Waals surface area contributed by atoms with Gasteiger partial charge in [-0.15, -0.1) is 0 Å². The van der Waals surface area contributed by atoms with E-state index in [2.05, 4.69) is 0 Å². The minimum Gasteiger partial charge on any atom is -0.507 e. The maximum Gasteiger partial charge on any atom is 0.402 e. The van der Waals surface area contributed by atoms with Crippen molar-refractivity contribution < 1.29 is 98.7 Å². The molecule has 2 saturated heterocycles. The Bertz CT molecular complexity index is 1760. The average Bonchev–Trinajstić information content (AvgIpc) is 3.04. The number of fused-ring (bicyclic) bond motifs is 1. The predicted octanol–water partition coefficient (Wildman–Crippen LogP) is -1.68. The van der Waals surface area contributed by atoms with Crippen molar-refractivity contribution in [1.29, 1.82) is 0 Å². The zero-order chi connectivity index (χ0) is 36.6. The number of esters is 1. The molecule has 20 heteroatoms. The second-order valence-electron chi connectivity index (χ2n) is 11.2. The standard InChI is InChI=1S/C30H30O20/c31-8-17-25(48-19(38)7-18(36)37)23(42)27(50-29-22(41)20(39)21(40)26(49-29)28(43)44)30(47-17)46-16-6-11-13(34)4-10(32)5-15(11)45-24(16)9-1-2-12(33)14(35)3-9/h1-6,17,20-23,25-27,29-31,39-42H,7-8H2,(H5-,32,33,34,35,36,37,43,44)/p+1/t17-,20+,21+,22-,23+,25-,26+,27-,29+,30-/m1/s1. The van der Waals surface area contributed by atoms with Crippen LogP contribution >= 0.6 is 0 Å². The zero-order valence-corrected chi connectivity index (χ0v) is 25.2. The van der Waals surface area contributed by atoms with E-state index in [0.717, 1.165) is 30.3 Å². The lowest BCUT2D eigenvalue weighted by Gasteiger charge is -2.46. The number of rotatable bonds is 10. The molecule has 0 spiro atoms. The van der Waals surface area contributed by atoms with E-state index < -0.39 is 115 Å². The molecule has 0 unspecified atom stereocenters. The van der Waals surface area contributed by atoms with Gasteiger partial charge in [-0.2, -0.15) is 0 Å². The van der Waals surface area contributed by atoms with Crippen molar-refractivity contribution in [2.24, 2.45) is 0 Å². The summed E-state index contributed by atoms with van der Waals surface area (Å²) in [7, 11) is 0. The molecule has 3 heterocycles. The number of carboxylic acid groups (broad SMARTS) is 2. The summed E-state index contributed by atoms with van der Waals surface area (Å²) in [6, 6.07) is 6.61. The molecule has 11 N–H and O–H groups in total. The third-order valence-electron chi connectivity index (χ3n) is 7.76. The first kappa shape index (κ1) is 36.2. The molecule has 2 aliphatic rings. The normalized spacial score (nSPS) is 29.7.